The number of esters is 2. The highest BCUT2D eigenvalue weighted by atomic mass is 16.5. The van der Waals surface area contributed by atoms with Crippen LogP contribution in [0, 0.1) is 5.41 Å². The molecule has 0 fully saturated rings. The third-order valence-electron chi connectivity index (χ3n) is 7.91. The van der Waals surface area contributed by atoms with Crippen molar-refractivity contribution in [3.8, 4) is 17.2 Å². The minimum atomic E-state index is -1.27. The highest BCUT2D eigenvalue weighted by Crippen LogP contribution is 2.44. The molecule has 302 valence electrons. The lowest BCUT2D eigenvalue weighted by Crippen LogP contribution is -2.49. The van der Waals surface area contributed by atoms with Crippen LogP contribution in [0.4, 0.5) is 0 Å². The molecule has 3 amide bonds. The highest BCUT2D eigenvalue weighted by molar-refractivity contribution is 5.89. The minimum absolute atomic E-state index is 0.0289. The third kappa shape index (κ3) is 18.1. The molecule has 4 atom stereocenters. The summed E-state index contributed by atoms with van der Waals surface area (Å²) in [5, 5.41) is 16.3. The zero-order valence-corrected chi connectivity index (χ0v) is 33.2. The average Bonchev–Trinajstić information content (AvgIpc) is 3.07. The maximum Gasteiger partial charge on any atom is 0.328 e. The molecule has 53 heavy (non-hydrogen) atoms. The molecule has 1 aromatic carbocycles. The quantitative estimate of drug-likeness (QED) is 0.0848. The van der Waals surface area contributed by atoms with Crippen molar-refractivity contribution >= 4 is 36.1 Å². The van der Waals surface area contributed by atoms with Crippen LogP contribution in [0.5, 0.6) is 17.2 Å². The SMILES string of the molecule is CCOC(=O)C(N)CCCC(NC(=O)CCC(NC(=O)C(C)NC=O)C(=O)OCC)C(=O)O.COc1cc(C(C)(C)CC(C)(C)C)cc(OC)c1OC. The monoisotopic (exact) mass is 754 g/mol. The van der Waals surface area contributed by atoms with E-state index in [0.717, 1.165) is 6.42 Å². The third-order valence-corrected chi connectivity index (χ3v) is 7.91. The maximum absolute atomic E-state index is 12.3. The lowest BCUT2D eigenvalue weighted by molar-refractivity contribution is -0.148. The normalized spacial score (nSPS) is 13.4. The number of carbonyl (C=O) groups excluding carboxylic acids is 5. The summed E-state index contributed by atoms with van der Waals surface area (Å²) in [5.41, 5.74) is 7.15. The van der Waals surface area contributed by atoms with E-state index in [4.69, 9.17) is 29.4 Å². The van der Waals surface area contributed by atoms with Gasteiger partial charge in [-0.1, -0.05) is 34.6 Å². The molecule has 1 rings (SSSR count). The summed E-state index contributed by atoms with van der Waals surface area (Å²) in [6.07, 6.45) is 1.45. The van der Waals surface area contributed by atoms with Crippen molar-refractivity contribution in [3.63, 3.8) is 0 Å². The maximum atomic E-state index is 12.3. The Morgan fingerprint density at radius 3 is 1.83 bits per heavy atom. The van der Waals surface area contributed by atoms with E-state index in [2.05, 4.69) is 50.6 Å². The number of rotatable bonds is 22. The number of carboxylic acid groups (broad SMARTS) is 1. The number of carbonyl (C=O) groups is 6. The van der Waals surface area contributed by atoms with Crippen molar-refractivity contribution in [3.05, 3.63) is 17.7 Å². The van der Waals surface area contributed by atoms with E-state index in [9.17, 15) is 33.9 Å². The number of nitrogens with two attached hydrogens (primary N) is 1. The summed E-state index contributed by atoms with van der Waals surface area (Å²) in [4.78, 5) is 69.9. The first kappa shape index (κ1) is 48.4. The van der Waals surface area contributed by atoms with Gasteiger partial charge in [-0.25, -0.2) is 9.59 Å². The number of hydrogen-bond donors (Lipinski definition) is 5. The summed E-state index contributed by atoms with van der Waals surface area (Å²) < 4.78 is 25.9. The molecule has 0 aliphatic rings. The minimum Gasteiger partial charge on any atom is -0.493 e. The van der Waals surface area contributed by atoms with Gasteiger partial charge < -0.3 is 50.5 Å². The fraction of sp³-hybridized carbons (Fsp3) is 0.676. The molecule has 0 radical (unpaired) electrons. The molecule has 0 heterocycles. The zero-order chi connectivity index (χ0) is 40.9. The summed E-state index contributed by atoms with van der Waals surface area (Å²) in [6, 6.07) is -0.0877. The van der Waals surface area contributed by atoms with Gasteiger partial charge in [0, 0.05) is 6.42 Å². The van der Waals surface area contributed by atoms with Crippen LogP contribution in [-0.4, -0.2) is 99.9 Å². The number of aliphatic carboxylic acids is 1. The number of amides is 3. The molecule has 1 aromatic rings. The van der Waals surface area contributed by atoms with Crippen LogP contribution in [0.15, 0.2) is 12.1 Å². The first-order valence-electron chi connectivity index (χ1n) is 17.6. The zero-order valence-electron chi connectivity index (χ0n) is 33.2. The van der Waals surface area contributed by atoms with Gasteiger partial charge in [0.25, 0.3) is 0 Å². The Morgan fingerprint density at radius 2 is 1.38 bits per heavy atom. The van der Waals surface area contributed by atoms with Crippen molar-refractivity contribution in [1.82, 2.24) is 16.0 Å². The van der Waals surface area contributed by atoms with Gasteiger partial charge in [-0.05, 0) is 81.4 Å². The van der Waals surface area contributed by atoms with E-state index in [0.29, 0.717) is 23.7 Å². The smallest absolute Gasteiger partial charge is 0.328 e. The second-order valence-corrected chi connectivity index (χ2v) is 14.1. The fourth-order valence-electron chi connectivity index (χ4n) is 5.57. The molecular formula is C37H62N4O12. The Morgan fingerprint density at radius 1 is 0.830 bits per heavy atom. The van der Waals surface area contributed by atoms with Crippen molar-refractivity contribution in [1.29, 1.82) is 0 Å². The molecule has 0 aromatic heterocycles. The van der Waals surface area contributed by atoms with E-state index < -0.39 is 53.9 Å². The topological polar surface area (TPSA) is 231 Å². The van der Waals surface area contributed by atoms with E-state index in [1.165, 1.54) is 12.5 Å². The molecule has 6 N–H and O–H groups in total. The summed E-state index contributed by atoms with van der Waals surface area (Å²) in [7, 11) is 4.93. The Hall–Kier alpha value is -4.60. The van der Waals surface area contributed by atoms with E-state index in [1.54, 1.807) is 35.2 Å². The molecule has 4 unspecified atom stereocenters. The van der Waals surface area contributed by atoms with Crippen molar-refractivity contribution in [2.24, 2.45) is 11.1 Å². The highest BCUT2D eigenvalue weighted by Gasteiger charge is 2.30. The fourth-order valence-corrected chi connectivity index (χ4v) is 5.57. The first-order chi connectivity index (χ1) is 24.7. The number of hydrogen-bond acceptors (Lipinski definition) is 12. The second-order valence-electron chi connectivity index (χ2n) is 14.1. The Labute approximate surface area is 313 Å². The van der Waals surface area contributed by atoms with Gasteiger partial charge in [-0.2, -0.15) is 0 Å². The van der Waals surface area contributed by atoms with Crippen molar-refractivity contribution in [2.45, 2.75) is 123 Å². The van der Waals surface area contributed by atoms with Gasteiger partial charge in [0.15, 0.2) is 11.5 Å². The van der Waals surface area contributed by atoms with Gasteiger partial charge in [-0.15, -0.1) is 0 Å². The van der Waals surface area contributed by atoms with Gasteiger partial charge in [0.2, 0.25) is 24.0 Å². The molecular weight excluding hydrogens is 692 g/mol. The van der Waals surface area contributed by atoms with E-state index in [-0.39, 0.29) is 56.1 Å². The lowest BCUT2D eigenvalue weighted by atomic mass is 9.72. The standard InChI is InChI=1S/C20H34N4O9.C17H28O3/c1-4-32-19(30)13(21)7-6-8-14(18(28)29)23-16(26)10-9-15(20(31)33-5-2)24-17(27)12(3)22-11-25;1-16(2,3)11-17(4,5)12-9-13(18-6)15(20-8)14(10-12)19-7/h11-15H,4-10,21H2,1-3H3,(H,22,25)(H,23,26)(H,24,27)(H,28,29);9-10H,11H2,1-8H3. The molecule has 0 saturated carbocycles. The van der Waals surface area contributed by atoms with E-state index >= 15 is 0 Å². The lowest BCUT2D eigenvalue weighted by Gasteiger charge is -2.33. The van der Waals surface area contributed by atoms with Crippen LogP contribution in [0.3, 0.4) is 0 Å². The summed E-state index contributed by atoms with van der Waals surface area (Å²) in [6.45, 7) is 16.1. The predicted octanol–water partition coefficient (Wildman–Crippen LogP) is 3.01. The van der Waals surface area contributed by atoms with E-state index in [1.807, 2.05) is 12.1 Å². The number of ether oxygens (including phenoxy) is 5. The predicted molar refractivity (Wildman–Crippen MR) is 198 cm³/mol. The van der Waals surface area contributed by atoms with Crippen molar-refractivity contribution in [2.75, 3.05) is 34.5 Å². The van der Waals surface area contributed by atoms with Crippen LogP contribution in [-0.2, 0) is 43.7 Å². The number of carboxylic acids is 1. The first-order valence-corrected chi connectivity index (χ1v) is 17.6. The number of methoxy groups -OCH3 is 3. The second kappa shape index (κ2) is 23.9. The molecule has 0 spiro atoms. The largest absolute Gasteiger partial charge is 0.493 e. The molecule has 0 bridgehead atoms. The van der Waals surface area contributed by atoms with Crippen LogP contribution in [0.1, 0.15) is 99.5 Å². The Balaban J connectivity index is 0.00000115. The Bertz CT molecular complexity index is 1320. The number of benzene rings is 1. The summed E-state index contributed by atoms with van der Waals surface area (Å²) in [5.74, 6) is -1.85. The van der Waals surface area contributed by atoms with Crippen molar-refractivity contribution < 1.29 is 57.6 Å². The van der Waals surface area contributed by atoms with Gasteiger partial charge in [0.05, 0.1) is 34.5 Å². The molecule has 16 heteroatoms. The van der Waals surface area contributed by atoms with Gasteiger partial charge >= 0.3 is 17.9 Å². The Kier molecular flexibility index (Phi) is 21.8. The van der Waals surface area contributed by atoms with Crippen LogP contribution < -0.4 is 35.9 Å². The molecule has 16 nitrogen and oxygen atoms in total. The van der Waals surface area contributed by atoms with Gasteiger partial charge in [0.1, 0.15) is 24.2 Å². The van der Waals surface area contributed by atoms with Crippen LogP contribution in [0.2, 0.25) is 0 Å². The molecule has 0 saturated heterocycles. The summed E-state index contributed by atoms with van der Waals surface area (Å²) >= 11 is 0. The van der Waals surface area contributed by atoms with Crippen LogP contribution >= 0.6 is 0 Å². The molecule has 0 aliphatic heterocycles. The molecule has 0 aliphatic carbocycles. The number of nitrogens with one attached hydrogen (secondary N) is 3. The van der Waals surface area contributed by atoms with Gasteiger partial charge in [-0.3, -0.25) is 19.2 Å². The van der Waals surface area contributed by atoms with Crippen LogP contribution in [0.25, 0.3) is 0 Å². The average molecular weight is 755 g/mol.